The molecule has 1 rings (SSSR count). The van der Waals surface area contributed by atoms with Gasteiger partial charge in [-0.25, -0.2) is 0 Å². The Kier molecular flexibility index (Phi) is 4.76. The van der Waals surface area contributed by atoms with Crippen LogP contribution in [0, 0.1) is 0 Å². The van der Waals surface area contributed by atoms with E-state index in [4.69, 9.17) is 0 Å². The first-order valence-corrected chi connectivity index (χ1v) is 5.30. The summed E-state index contributed by atoms with van der Waals surface area (Å²) in [5.41, 5.74) is 1.16. The van der Waals surface area contributed by atoms with Gasteiger partial charge in [-0.05, 0) is 17.7 Å². The van der Waals surface area contributed by atoms with Crippen molar-refractivity contribution in [1.82, 2.24) is 10.2 Å². The van der Waals surface area contributed by atoms with Crippen LogP contribution in [0.2, 0.25) is 0 Å². The molecule has 0 heterocycles. The summed E-state index contributed by atoms with van der Waals surface area (Å²) in [7, 11) is 2.83. The largest absolute Gasteiger partial charge is 0.355 e. The fourth-order valence-corrected chi connectivity index (χ4v) is 1.42. The first kappa shape index (κ1) is 14.1. The molecule has 0 aromatic heterocycles. The van der Waals surface area contributed by atoms with Crippen molar-refractivity contribution in [2.75, 3.05) is 14.1 Å². The van der Waals surface area contributed by atoms with E-state index in [0.717, 1.165) is 4.90 Å². The van der Waals surface area contributed by atoms with Crippen LogP contribution in [0.25, 0.3) is 0 Å². The number of alkyl halides is 2. The summed E-state index contributed by atoms with van der Waals surface area (Å²) < 4.78 is 24.3. The van der Waals surface area contributed by atoms with Crippen LogP contribution < -0.4 is 5.32 Å². The molecule has 0 radical (unpaired) electrons. The highest BCUT2D eigenvalue weighted by Crippen LogP contribution is 2.08. The van der Waals surface area contributed by atoms with E-state index < -0.39 is 12.3 Å². The van der Waals surface area contributed by atoms with Crippen LogP contribution in [0.15, 0.2) is 24.3 Å². The molecule has 0 aliphatic carbocycles. The molecule has 0 saturated carbocycles. The summed E-state index contributed by atoms with van der Waals surface area (Å²) in [6, 6.07) is 6.41. The fourth-order valence-electron chi connectivity index (χ4n) is 1.42. The Morgan fingerprint density at radius 2 is 1.83 bits per heavy atom. The maximum Gasteiger partial charge on any atom is 0.315 e. The van der Waals surface area contributed by atoms with Crippen LogP contribution in [0.5, 0.6) is 0 Å². The lowest BCUT2D eigenvalue weighted by molar-refractivity contribution is -0.141. The predicted octanol–water partition coefficient (Wildman–Crippen LogP) is 1.27. The van der Waals surface area contributed by atoms with Crippen LogP contribution in [0.4, 0.5) is 8.78 Å². The molecule has 0 spiro atoms. The van der Waals surface area contributed by atoms with Gasteiger partial charge in [0.25, 0.3) is 11.8 Å². The number of hydrogen-bond donors (Lipinski definition) is 1. The second-order valence-corrected chi connectivity index (χ2v) is 3.77. The molecule has 0 aliphatic rings. The third kappa shape index (κ3) is 3.51. The van der Waals surface area contributed by atoms with E-state index >= 15 is 0 Å². The molecule has 0 bridgehead atoms. The molecule has 6 heteroatoms. The van der Waals surface area contributed by atoms with Crippen LogP contribution in [0.1, 0.15) is 15.9 Å². The Balaban J connectivity index is 2.69. The smallest absolute Gasteiger partial charge is 0.315 e. The van der Waals surface area contributed by atoms with E-state index in [0.29, 0.717) is 11.1 Å². The lowest BCUT2D eigenvalue weighted by atomic mass is 10.1. The van der Waals surface area contributed by atoms with Crippen LogP contribution in [-0.2, 0) is 11.3 Å². The van der Waals surface area contributed by atoms with Gasteiger partial charge < -0.3 is 10.2 Å². The van der Waals surface area contributed by atoms with Crippen molar-refractivity contribution >= 4 is 11.8 Å². The number of amides is 2. The van der Waals surface area contributed by atoms with Gasteiger partial charge in [-0.3, -0.25) is 9.59 Å². The normalized spacial score (nSPS) is 10.3. The molecule has 0 aliphatic heterocycles. The minimum atomic E-state index is -3.00. The molecule has 4 nitrogen and oxygen atoms in total. The molecule has 1 aromatic carbocycles. The lowest BCUT2D eigenvalue weighted by Gasteiger charge is -2.16. The molecule has 0 fully saturated rings. The Labute approximate surface area is 104 Å². The van der Waals surface area contributed by atoms with Gasteiger partial charge in [0.2, 0.25) is 0 Å². The Bertz CT molecular complexity index is 432. The summed E-state index contributed by atoms with van der Waals surface area (Å²) in [5.74, 6) is -1.44. The Morgan fingerprint density at radius 1 is 1.28 bits per heavy atom. The predicted molar refractivity (Wildman–Crippen MR) is 62.3 cm³/mol. The molecule has 0 saturated heterocycles. The van der Waals surface area contributed by atoms with Gasteiger partial charge in [0.05, 0.1) is 0 Å². The standard InChI is InChI=1S/C12H14F2N2O2/c1-15-11(17)9-5-3-8(4-6-9)7-16(2)12(18)10(13)14/h3-6,10H,7H2,1-2H3,(H,15,17). The van der Waals surface area contributed by atoms with E-state index in [9.17, 15) is 18.4 Å². The average Bonchev–Trinajstić information content (AvgIpc) is 2.37. The summed E-state index contributed by atoms with van der Waals surface area (Å²) in [4.78, 5) is 23.2. The van der Waals surface area contributed by atoms with Gasteiger partial charge in [-0.2, -0.15) is 8.78 Å². The van der Waals surface area contributed by atoms with Crippen molar-refractivity contribution in [2.24, 2.45) is 0 Å². The van der Waals surface area contributed by atoms with Gasteiger partial charge in [-0.15, -0.1) is 0 Å². The summed E-state index contributed by atoms with van der Waals surface area (Å²) >= 11 is 0. The summed E-state index contributed by atoms with van der Waals surface area (Å²) in [6.07, 6.45) is -3.00. The van der Waals surface area contributed by atoms with E-state index in [1.54, 1.807) is 24.3 Å². The third-order valence-electron chi connectivity index (χ3n) is 2.43. The highest BCUT2D eigenvalue weighted by Gasteiger charge is 2.19. The molecular weight excluding hydrogens is 242 g/mol. The van der Waals surface area contributed by atoms with Gasteiger partial charge in [0.15, 0.2) is 0 Å². The second kappa shape index (κ2) is 6.09. The highest BCUT2D eigenvalue weighted by atomic mass is 19.3. The van der Waals surface area contributed by atoms with Crippen molar-refractivity contribution < 1.29 is 18.4 Å². The van der Waals surface area contributed by atoms with Gasteiger partial charge in [0, 0.05) is 26.2 Å². The van der Waals surface area contributed by atoms with Gasteiger partial charge in [-0.1, -0.05) is 12.1 Å². The highest BCUT2D eigenvalue weighted by molar-refractivity contribution is 5.93. The zero-order valence-corrected chi connectivity index (χ0v) is 10.1. The second-order valence-electron chi connectivity index (χ2n) is 3.77. The van der Waals surface area contributed by atoms with E-state index in [1.165, 1.54) is 14.1 Å². The van der Waals surface area contributed by atoms with E-state index in [2.05, 4.69) is 5.32 Å². The molecular formula is C12H14F2N2O2. The molecule has 0 unspecified atom stereocenters. The zero-order valence-electron chi connectivity index (χ0n) is 10.1. The van der Waals surface area contributed by atoms with Crippen LogP contribution in [0.3, 0.4) is 0 Å². The van der Waals surface area contributed by atoms with Crippen molar-refractivity contribution in [3.8, 4) is 0 Å². The first-order valence-electron chi connectivity index (χ1n) is 5.30. The number of nitrogens with one attached hydrogen (secondary N) is 1. The third-order valence-corrected chi connectivity index (χ3v) is 2.43. The van der Waals surface area contributed by atoms with Crippen molar-refractivity contribution in [3.05, 3.63) is 35.4 Å². The van der Waals surface area contributed by atoms with Crippen molar-refractivity contribution in [3.63, 3.8) is 0 Å². The molecule has 2 amide bonds. The minimum Gasteiger partial charge on any atom is -0.355 e. The van der Waals surface area contributed by atoms with Crippen molar-refractivity contribution in [1.29, 1.82) is 0 Å². The number of carbonyl (C=O) groups excluding carboxylic acids is 2. The molecule has 1 N–H and O–H groups in total. The Hall–Kier alpha value is -1.98. The number of rotatable bonds is 4. The quantitative estimate of drug-likeness (QED) is 0.882. The summed E-state index contributed by atoms with van der Waals surface area (Å²) in [6.45, 7) is 0.0806. The van der Waals surface area contributed by atoms with E-state index in [1.807, 2.05) is 0 Å². The number of carbonyl (C=O) groups is 2. The topological polar surface area (TPSA) is 49.4 Å². The maximum absolute atomic E-state index is 12.2. The van der Waals surface area contributed by atoms with Crippen molar-refractivity contribution in [2.45, 2.75) is 13.0 Å². The molecule has 18 heavy (non-hydrogen) atoms. The number of halogens is 2. The van der Waals surface area contributed by atoms with Crippen LogP contribution in [-0.4, -0.2) is 37.2 Å². The zero-order chi connectivity index (χ0) is 13.7. The molecule has 98 valence electrons. The number of nitrogens with zero attached hydrogens (tertiary/aromatic N) is 1. The fraction of sp³-hybridized carbons (Fsp3) is 0.333. The van der Waals surface area contributed by atoms with Gasteiger partial charge >= 0.3 is 6.43 Å². The SMILES string of the molecule is CNC(=O)c1ccc(CN(C)C(=O)C(F)F)cc1. The lowest BCUT2D eigenvalue weighted by Crippen LogP contribution is -2.31. The Morgan fingerprint density at radius 3 is 2.28 bits per heavy atom. The van der Waals surface area contributed by atoms with Gasteiger partial charge in [0.1, 0.15) is 0 Å². The average molecular weight is 256 g/mol. The maximum atomic E-state index is 12.2. The minimum absolute atomic E-state index is 0.0806. The number of hydrogen-bond acceptors (Lipinski definition) is 2. The molecule has 1 aromatic rings. The summed E-state index contributed by atoms with van der Waals surface area (Å²) in [5, 5.41) is 2.47. The monoisotopic (exact) mass is 256 g/mol. The number of benzene rings is 1. The van der Waals surface area contributed by atoms with E-state index in [-0.39, 0.29) is 12.5 Å². The molecule has 0 atom stereocenters. The first-order chi connectivity index (χ1) is 8.45. The van der Waals surface area contributed by atoms with Crippen LogP contribution >= 0.6 is 0 Å².